The monoisotopic (exact) mass is 257 g/mol. The van der Waals surface area contributed by atoms with Gasteiger partial charge in [-0.25, -0.2) is 0 Å². The summed E-state index contributed by atoms with van der Waals surface area (Å²) in [4.78, 5) is 1.25. The molecule has 1 atom stereocenters. The SMILES string of the molecule is C=C[C@@H](N)c1ccccc1SC(C)(C)C.Cl. The molecule has 0 amide bonds. The van der Waals surface area contributed by atoms with Crippen LogP contribution in [0, 0.1) is 0 Å². The zero-order valence-electron chi connectivity index (χ0n) is 10.1. The average Bonchev–Trinajstić information content (AvgIpc) is 2.15. The van der Waals surface area contributed by atoms with Crippen LogP contribution in [0.1, 0.15) is 32.4 Å². The minimum absolute atomic E-state index is 0. The van der Waals surface area contributed by atoms with Gasteiger partial charge < -0.3 is 5.73 Å². The minimum Gasteiger partial charge on any atom is -0.321 e. The molecule has 2 N–H and O–H groups in total. The van der Waals surface area contributed by atoms with Crippen LogP contribution in [0.25, 0.3) is 0 Å². The lowest BCUT2D eigenvalue weighted by Gasteiger charge is -2.21. The van der Waals surface area contributed by atoms with Crippen molar-refractivity contribution in [1.82, 2.24) is 0 Å². The largest absolute Gasteiger partial charge is 0.321 e. The molecule has 0 unspecified atom stereocenters. The maximum atomic E-state index is 5.98. The molecule has 0 saturated heterocycles. The first-order chi connectivity index (χ1) is 6.94. The van der Waals surface area contributed by atoms with Crippen molar-refractivity contribution in [3.8, 4) is 0 Å². The van der Waals surface area contributed by atoms with E-state index in [0.717, 1.165) is 5.56 Å². The van der Waals surface area contributed by atoms with Crippen LogP contribution in [0.3, 0.4) is 0 Å². The summed E-state index contributed by atoms with van der Waals surface area (Å²) in [5, 5.41) is 0. The summed E-state index contributed by atoms with van der Waals surface area (Å²) in [5.74, 6) is 0. The summed E-state index contributed by atoms with van der Waals surface area (Å²) < 4.78 is 0.205. The van der Waals surface area contributed by atoms with Crippen LogP contribution in [0.15, 0.2) is 41.8 Å². The summed E-state index contributed by atoms with van der Waals surface area (Å²) in [5.41, 5.74) is 7.14. The molecule has 0 aromatic heterocycles. The van der Waals surface area contributed by atoms with Crippen LogP contribution in [0.2, 0.25) is 0 Å². The van der Waals surface area contributed by atoms with Gasteiger partial charge in [0, 0.05) is 15.7 Å². The fraction of sp³-hybridized carbons (Fsp3) is 0.385. The summed E-state index contributed by atoms with van der Waals surface area (Å²) >= 11 is 1.84. The van der Waals surface area contributed by atoms with Crippen molar-refractivity contribution in [2.24, 2.45) is 5.73 Å². The second-order valence-electron chi connectivity index (χ2n) is 4.51. The van der Waals surface area contributed by atoms with E-state index in [-0.39, 0.29) is 23.2 Å². The van der Waals surface area contributed by atoms with E-state index in [2.05, 4.69) is 39.5 Å². The quantitative estimate of drug-likeness (QED) is 0.649. The van der Waals surface area contributed by atoms with E-state index in [4.69, 9.17) is 5.73 Å². The Morgan fingerprint density at radius 2 is 1.88 bits per heavy atom. The second kappa shape index (κ2) is 6.33. The van der Waals surface area contributed by atoms with Crippen LogP contribution in [-0.2, 0) is 0 Å². The molecule has 0 radical (unpaired) electrons. The van der Waals surface area contributed by atoms with Crippen molar-refractivity contribution in [3.63, 3.8) is 0 Å². The molecule has 0 aliphatic heterocycles. The second-order valence-corrected chi connectivity index (χ2v) is 6.38. The van der Waals surface area contributed by atoms with Gasteiger partial charge >= 0.3 is 0 Å². The van der Waals surface area contributed by atoms with Crippen molar-refractivity contribution in [2.45, 2.75) is 36.5 Å². The number of halogens is 1. The van der Waals surface area contributed by atoms with Crippen molar-refractivity contribution < 1.29 is 0 Å². The van der Waals surface area contributed by atoms with Gasteiger partial charge in [0.1, 0.15) is 0 Å². The molecule has 1 aromatic rings. The predicted octanol–water partition coefficient (Wildman–Crippen LogP) is 4.18. The van der Waals surface area contributed by atoms with Gasteiger partial charge in [-0.2, -0.15) is 0 Å². The maximum Gasteiger partial charge on any atom is 0.0489 e. The number of thioether (sulfide) groups is 1. The summed E-state index contributed by atoms with van der Waals surface area (Å²) in [6.45, 7) is 10.3. The zero-order valence-corrected chi connectivity index (χ0v) is 11.7. The molecule has 3 heteroatoms. The molecule has 1 nitrogen and oxygen atoms in total. The smallest absolute Gasteiger partial charge is 0.0489 e. The van der Waals surface area contributed by atoms with E-state index in [9.17, 15) is 0 Å². The third kappa shape index (κ3) is 4.60. The van der Waals surface area contributed by atoms with Crippen LogP contribution < -0.4 is 5.73 Å². The van der Waals surface area contributed by atoms with E-state index < -0.39 is 0 Å². The normalized spacial score (nSPS) is 12.8. The Bertz CT molecular complexity index is 344. The number of benzene rings is 1. The van der Waals surface area contributed by atoms with E-state index in [1.165, 1.54) is 4.90 Å². The summed E-state index contributed by atoms with van der Waals surface area (Å²) in [6, 6.07) is 8.18. The average molecular weight is 258 g/mol. The number of rotatable bonds is 3. The molecule has 0 saturated carbocycles. The van der Waals surface area contributed by atoms with Crippen LogP contribution in [0.5, 0.6) is 0 Å². The molecule has 16 heavy (non-hydrogen) atoms. The fourth-order valence-electron chi connectivity index (χ4n) is 1.31. The Hall–Kier alpha value is -0.440. The molecule has 1 rings (SSSR count). The van der Waals surface area contributed by atoms with Crippen LogP contribution >= 0.6 is 24.2 Å². The maximum absolute atomic E-state index is 5.98. The van der Waals surface area contributed by atoms with E-state index in [1.807, 2.05) is 23.9 Å². The van der Waals surface area contributed by atoms with Gasteiger partial charge in [-0.1, -0.05) is 45.0 Å². The van der Waals surface area contributed by atoms with E-state index in [0.29, 0.717) is 0 Å². The lowest BCUT2D eigenvalue weighted by Crippen LogP contribution is -2.11. The lowest BCUT2D eigenvalue weighted by atomic mass is 10.1. The van der Waals surface area contributed by atoms with Crippen molar-refractivity contribution >= 4 is 24.2 Å². The molecule has 0 bridgehead atoms. The molecule has 0 aliphatic carbocycles. The fourth-order valence-corrected chi connectivity index (χ4v) is 2.43. The Labute approximate surface area is 109 Å². The first kappa shape index (κ1) is 15.6. The Kier molecular flexibility index (Phi) is 6.16. The minimum atomic E-state index is -0.0731. The topological polar surface area (TPSA) is 26.0 Å². The standard InChI is InChI=1S/C13H19NS.ClH/c1-5-11(14)10-8-6-7-9-12(10)15-13(2,3)4;/h5-9,11H,1,14H2,2-4H3;1H/t11-;/m1./s1. The Balaban J connectivity index is 0.00000225. The lowest BCUT2D eigenvalue weighted by molar-refractivity contribution is 0.798. The van der Waals surface area contributed by atoms with Crippen LogP contribution in [0.4, 0.5) is 0 Å². The molecular formula is C13H20ClNS. The third-order valence-corrected chi connectivity index (χ3v) is 3.15. The Morgan fingerprint density at radius 1 is 1.31 bits per heavy atom. The highest BCUT2D eigenvalue weighted by molar-refractivity contribution is 8.00. The Morgan fingerprint density at radius 3 is 2.38 bits per heavy atom. The molecule has 1 aromatic carbocycles. The van der Waals surface area contributed by atoms with Crippen LogP contribution in [-0.4, -0.2) is 4.75 Å². The highest BCUT2D eigenvalue weighted by atomic mass is 35.5. The summed E-state index contributed by atoms with van der Waals surface area (Å²) in [7, 11) is 0. The molecular weight excluding hydrogens is 238 g/mol. The highest BCUT2D eigenvalue weighted by Gasteiger charge is 2.16. The highest BCUT2D eigenvalue weighted by Crippen LogP contribution is 2.35. The number of nitrogens with two attached hydrogens (primary N) is 1. The number of hydrogen-bond donors (Lipinski definition) is 1. The van der Waals surface area contributed by atoms with E-state index >= 15 is 0 Å². The zero-order chi connectivity index (χ0) is 11.5. The van der Waals surface area contributed by atoms with Crippen molar-refractivity contribution in [2.75, 3.05) is 0 Å². The van der Waals surface area contributed by atoms with Crippen molar-refractivity contribution in [1.29, 1.82) is 0 Å². The first-order valence-electron chi connectivity index (χ1n) is 5.10. The summed E-state index contributed by atoms with van der Waals surface area (Å²) in [6.07, 6.45) is 1.78. The number of hydrogen-bond acceptors (Lipinski definition) is 2. The van der Waals surface area contributed by atoms with Gasteiger partial charge in [0.15, 0.2) is 0 Å². The van der Waals surface area contributed by atoms with Gasteiger partial charge in [0.2, 0.25) is 0 Å². The molecule has 0 spiro atoms. The van der Waals surface area contributed by atoms with Gasteiger partial charge in [0.25, 0.3) is 0 Å². The molecule has 0 heterocycles. The van der Waals surface area contributed by atoms with Gasteiger partial charge in [0.05, 0.1) is 0 Å². The first-order valence-corrected chi connectivity index (χ1v) is 5.92. The van der Waals surface area contributed by atoms with E-state index in [1.54, 1.807) is 6.08 Å². The predicted molar refractivity (Wildman–Crippen MR) is 76.4 cm³/mol. The van der Waals surface area contributed by atoms with Crippen molar-refractivity contribution in [3.05, 3.63) is 42.5 Å². The molecule has 0 aliphatic rings. The van der Waals surface area contributed by atoms with Gasteiger partial charge in [-0.05, 0) is 11.6 Å². The molecule has 90 valence electrons. The third-order valence-electron chi connectivity index (χ3n) is 1.95. The van der Waals surface area contributed by atoms with Gasteiger partial charge in [-0.3, -0.25) is 0 Å². The molecule has 0 fully saturated rings. The van der Waals surface area contributed by atoms with Gasteiger partial charge in [-0.15, -0.1) is 30.7 Å².